The molecule has 0 N–H and O–H groups in total. The standard InChI is InChI=1S/C10H10ClNO/c1-6-3-4-7-8(9(6)11)5-12(2)10(7)13/h3-4H,5H2,1-2H3. The average molecular weight is 196 g/mol. The van der Waals surface area contributed by atoms with Crippen LogP contribution in [-0.4, -0.2) is 17.9 Å². The van der Waals surface area contributed by atoms with E-state index in [1.54, 1.807) is 11.9 Å². The third-order valence-corrected chi connectivity index (χ3v) is 2.93. The normalized spacial score (nSPS) is 15.0. The topological polar surface area (TPSA) is 20.3 Å². The summed E-state index contributed by atoms with van der Waals surface area (Å²) in [5.74, 6) is 0.0666. The number of fused-ring (bicyclic) bond motifs is 1. The van der Waals surface area contributed by atoms with Crippen molar-refractivity contribution >= 4 is 17.5 Å². The smallest absolute Gasteiger partial charge is 0.254 e. The zero-order valence-electron chi connectivity index (χ0n) is 7.60. The number of benzene rings is 1. The largest absolute Gasteiger partial charge is 0.337 e. The van der Waals surface area contributed by atoms with Gasteiger partial charge in [-0.3, -0.25) is 4.79 Å². The Hall–Kier alpha value is -1.02. The van der Waals surface area contributed by atoms with E-state index >= 15 is 0 Å². The molecule has 2 rings (SSSR count). The van der Waals surface area contributed by atoms with Gasteiger partial charge in [0.05, 0.1) is 0 Å². The van der Waals surface area contributed by atoms with Crippen molar-refractivity contribution in [1.29, 1.82) is 0 Å². The van der Waals surface area contributed by atoms with Gasteiger partial charge in [-0.2, -0.15) is 0 Å². The Morgan fingerprint density at radius 1 is 1.46 bits per heavy atom. The van der Waals surface area contributed by atoms with E-state index < -0.39 is 0 Å². The molecule has 0 aliphatic carbocycles. The van der Waals surface area contributed by atoms with Crippen molar-refractivity contribution in [3.63, 3.8) is 0 Å². The Balaban J connectivity index is 2.64. The van der Waals surface area contributed by atoms with Crippen LogP contribution in [-0.2, 0) is 6.54 Å². The molecule has 3 heteroatoms. The Bertz CT molecular complexity index is 387. The quantitative estimate of drug-likeness (QED) is 0.622. The lowest BCUT2D eigenvalue weighted by Gasteiger charge is -2.05. The lowest BCUT2D eigenvalue weighted by atomic mass is 10.1. The number of carbonyl (C=O) groups excluding carboxylic acids is 1. The van der Waals surface area contributed by atoms with E-state index in [1.165, 1.54) is 0 Å². The predicted molar refractivity (Wildman–Crippen MR) is 52.0 cm³/mol. The SMILES string of the molecule is Cc1ccc2c(c1Cl)CN(C)C2=O. The van der Waals surface area contributed by atoms with Crippen molar-refractivity contribution in [3.8, 4) is 0 Å². The lowest BCUT2D eigenvalue weighted by Crippen LogP contribution is -2.17. The van der Waals surface area contributed by atoms with Crippen LogP contribution in [0.4, 0.5) is 0 Å². The van der Waals surface area contributed by atoms with Gasteiger partial charge in [-0.1, -0.05) is 17.7 Å². The van der Waals surface area contributed by atoms with Crippen LogP contribution < -0.4 is 0 Å². The van der Waals surface area contributed by atoms with Crippen molar-refractivity contribution in [2.75, 3.05) is 7.05 Å². The minimum atomic E-state index is 0.0666. The number of carbonyl (C=O) groups is 1. The first-order valence-corrected chi connectivity index (χ1v) is 4.52. The number of rotatable bonds is 0. The van der Waals surface area contributed by atoms with Gasteiger partial charge in [0.25, 0.3) is 5.91 Å². The van der Waals surface area contributed by atoms with Gasteiger partial charge >= 0.3 is 0 Å². The fourth-order valence-electron chi connectivity index (χ4n) is 1.61. The first-order valence-electron chi connectivity index (χ1n) is 4.14. The van der Waals surface area contributed by atoms with Crippen LogP contribution in [0.2, 0.25) is 5.02 Å². The second kappa shape index (κ2) is 2.74. The van der Waals surface area contributed by atoms with Gasteiger partial charge in [-0.25, -0.2) is 0 Å². The van der Waals surface area contributed by atoms with Crippen molar-refractivity contribution < 1.29 is 4.79 Å². The summed E-state index contributed by atoms with van der Waals surface area (Å²) in [4.78, 5) is 13.2. The van der Waals surface area contributed by atoms with E-state index in [0.29, 0.717) is 6.54 Å². The van der Waals surface area contributed by atoms with Crippen molar-refractivity contribution in [2.45, 2.75) is 13.5 Å². The van der Waals surface area contributed by atoms with Crippen LogP contribution in [0.5, 0.6) is 0 Å². The fraction of sp³-hybridized carbons (Fsp3) is 0.300. The van der Waals surface area contributed by atoms with E-state index in [1.807, 2.05) is 19.1 Å². The third kappa shape index (κ3) is 1.13. The van der Waals surface area contributed by atoms with Gasteiger partial charge in [-0.15, -0.1) is 0 Å². The summed E-state index contributed by atoms with van der Waals surface area (Å²) in [6.07, 6.45) is 0. The van der Waals surface area contributed by atoms with Crippen LogP contribution in [0, 0.1) is 6.92 Å². The Morgan fingerprint density at radius 3 is 2.85 bits per heavy atom. The minimum absolute atomic E-state index is 0.0666. The van der Waals surface area contributed by atoms with Gasteiger partial charge < -0.3 is 4.90 Å². The van der Waals surface area contributed by atoms with Crippen LogP contribution in [0.15, 0.2) is 12.1 Å². The predicted octanol–water partition coefficient (Wildman–Crippen LogP) is 2.23. The third-order valence-electron chi connectivity index (χ3n) is 2.41. The molecule has 1 aromatic rings. The highest BCUT2D eigenvalue weighted by Gasteiger charge is 2.26. The Kier molecular flexibility index (Phi) is 1.81. The van der Waals surface area contributed by atoms with Crippen LogP contribution in [0.3, 0.4) is 0 Å². The molecule has 0 fully saturated rings. The molecule has 2 nitrogen and oxygen atoms in total. The van der Waals surface area contributed by atoms with Gasteiger partial charge in [0.1, 0.15) is 0 Å². The lowest BCUT2D eigenvalue weighted by molar-refractivity contribution is 0.0816. The van der Waals surface area contributed by atoms with E-state index in [4.69, 9.17) is 11.6 Å². The molecule has 0 atom stereocenters. The molecule has 0 radical (unpaired) electrons. The van der Waals surface area contributed by atoms with Gasteiger partial charge in [0.15, 0.2) is 0 Å². The molecule has 0 aromatic heterocycles. The Labute approximate surface area is 82.1 Å². The van der Waals surface area contributed by atoms with Crippen LogP contribution in [0.25, 0.3) is 0 Å². The molecular formula is C10H10ClNO. The zero-order chi connectivity index (χ0) is 9.59. The number of nitrogens with zero attached hydrogens (tertiary/aromatic N) is 1. The molecule has 1 aromatic carbocycles. The summed E-state index contributed by atoms with van der Waals surface area (Å²) in [6, 6.07) is 3.74. The van der Waals surface area contributed by atoms with E-state index in [-0.39, 0.29) is 5.91 Å². The highest BCUT2D eigenvalue weighted by Crippen LogP contribution is 2.30. The molecule has 1 aliphatic heterocycles. The van der Waals surface area contributed by atoms with Crippen LogP contribution in [0.1, 0.15) is 21.5 Å². The number of halogens is 1. The van der Waals surface area contributed by atoms with Crippen molar-refractivity contribution in [3.05, 3.63) is 33.8 Å². The molecule has 1 heterocycles. The maximum absolute atomic E-state index is 11.5. The summed E-state index contributed by atoms with van der Waals surface area (Å²) in [5, 5.41) is 0.732. The second-order valence-corrected chi connectivity index (χ2v) is 3.76. The van der Waals surface area contributed by atoms with Crippen LogP contribution >= 0.6 is 11.6 Å². The summed E-state index contributed by atoms with van der Waals surface area (Å²) in [7, 11) is 1.79. The van der Waals surface area contributed by atoms with Gasteiger partial charge in [0, 0.05) is 29.7 Å². The highest BCUT2D eigenvalue weighted by molar-refractivity contribution is 6.32. The second-order valence-electron chi connectivity index (χ2n) is 3.38. The summed E-state index contributed by atoms with van der Waals surface area (Å²) >= 11 is 6.09. The number of aryl methyl sites for hydroxylation is 1. The molecular weight excluding hydrogens is 186 g/mol. The number of hydrogen-bond donors (Lipinski definition) is 0. The molecule has 13 heavy (non-hydrogen) atoms. The average Bonchev–Trinajstić information content (AvgIpc) is 2.38. The molecule has 0 spiro atoms. The minimum Gasteiger partial charge on any atom is -0.337 e. The van der Waals surface area contributed by atoms with E-state index in [9.17, 15) is 4.79 Å². The first-order chi connectivity index (χ1) is 6.11. The summed E-state index contributed by atoms with van der Waals surface area (Å²) in [6.45, 7) is 2.58. The molecule has 0 bridgehead atoms. The molecule has 0 saturated heterocycles. The molecule has 1 aliphatic rings. The first kappa shape index (κ1) is 8.57. The van der Waals surface area contributed by atoms with Crippen molar-refractivity contribution in [2.24, 2.45) is 0 Å². The van der Waals surface area contributed by atoms with E-state index in [0.717, 1.165) is 21.7 Å². The highest BCUT2D eigenvalue weighted by atomic mass is 35.5. The summed E-state index contributed by atoms with van der Waals surface area (Å²) in [5.41, 5.74) is 2.75. The number of amides is 1. The maximum atomic E-state index is 11.5. The fourth-order valence-corrected chi connectivity index (χ4v) is 1.83. The molecule has 1 amide bonds. The van der Waals surface area contributed by atoms with Gasteiger partial charge in [0.2, 0.25) is 0 Å². The summed E-state index contributed by atoms with van der Waals surface area (Å²) < 4.78 is 0. The molecule has 0 unspecified atom stereocenters. The van der Waals surface area contributed by atoms with Gasteiger partial charge in [-0.05, 0) is 18.6 Å². The van der Waals surface area contributed by atoms with Crippen molar-refractivity contribution in [1.82, 2.24) is 4.90 Å². The molecule has 0 saturated carbocycles. The monoisotopic (exact) mass is 195 g/mol. The maximum Gasteiger partial charge on any atom is 0.254 e. The Morgan fingerprint density at radius 2 is 2.15 bits per heavy atom. The van der Waals surface area contributed by atoms with E-state index in [2.05, 4.69) is 0 Å². The zero-order valence-corrected chi connectivity index (χ0v) is 8.35. The number of hydrogen-bond acceptors (Lipinski definition) is 1. The molecule has 68 valence electrons.